The maximum absolute atomic E-state index is 14.7. The van der Waals surface area contributed by atoms with E-state index in [1.54, 1.807) is 4.90 Å². The van der Waals surface area contributed by atoms with Gasteiger partial charge in [0.1, 0.15) is 17.2 Å². The Morgan fingerprint density at radius 2 is 1.97 bits per heavy atom. The summed E-state index contributed by atoms with van der Waals surface area (Å²) < 4.78 is 43.0. The van der Waals surface area contributed by atoms with E-state index in [4.69, 9.17) is 11.6 Å². The average Bonchev–Trinajstić information content (AvgIpc) is 3.32. The van der Waals surface area contributed by atoms with E-state index in [1.165, 1.54) is 29.9 Å². The SMILES string of the molecule is Cc1nc(Cl)cc(C(=O)N2C3CCC(c4cc(C(F)F)nc5ncnn45)C2CC3)c1F. The summed E-state index contributed by atoms with van der Waals surface area (Å²) in [5, 5.41) is 4.20. The first kappa shape index (κ1) is 20.2. The predicted octanol–water partition coefficient (Wildman–Crippen LogP) is 4.11. The zero-order valence-corrected chi connectivity index (χ0v) is 17.2. The Balaban J connectivity index is 1.57. The van der Waals surface area contributed by atoms with Crippen LogP contribution in [0.1, 0.15) is 65.5 Å². The summed E-state index contributed by atoms with van der Waals surface area (Å²) in [5.41, 5.74) is 0.0854. The Labute approximate surface area is 180 Å². The topological polar surface area (TPSA) is 76.3 Å². The molecule has 3 aromatic rings. The summed E-state index contributed by atoms with van der Waals surface area (Å²) in [5.74, 6) is -1.32. The first-order valence-electron chi connectivity index (χ1n) is 9.99. The summed E-state index contributed by atoms with van der Waals surface area (Å²) in [6, 6.07) is 2.26. The van der Waals surface area contributed by atoms with E-state index in [1.807, 2.05) is 0 Å². The highest BCUT2D eigenvalue weighted by Gasteiger charge is 2.47. The molecule has 3 atom stereocenters. The molecule has 1 amide bonds. The number of carbonyl (C=O) groups is 1. The van der Waals surface area contributed by atoms with Crippen LogP contribution in [0.3, 0.4) is 0 Å². The molecule has 31 heavy (non-hydrogen) atoms. The second-order valence-corrected chi connectivity index (χ2v) is 8.35. The van der Waals surface area contributed by atoms with Crippen molar-refractivity contribution in [2.75, 3.05) is 0 Å². The lowest BCUT2D eigenvalue weighted by Gasteiger charge is -2.40. The van der Waals surface area contributed by atoms with Crippen molar-refractivity contribution in [1.29, 1.82) is 0 Å². The van der Waals surface area contributed by atoms with Crippen LogP contribution in [0.2, 0.25) is 5.15 Å². The number of amides is 1. The Morgan fingerprint density at radius 3 is 2.74 bits per heavy atom. The van der Waals surface area contributed by atoms with Crippen LogP contribution in [0.25, 0.3) is 5.78 Å². The summed E-state index contributed by atoms with van der Waals surface area (Å²) in [6.45, 7) is 1.45. The summed E-state index contributed by atoms with van der Waals surface area (Å²) in [7, 11) is 0. The minimum absolute atomic E-state index is 0.0389. The third kappa shape index (κ3) is 3.24. The van der Waals surface area contributed by atoms with Crippen molar-refractivity contribution in [3.05, 3.63) is 52.1 Å². The number of hydrogen-bond acceptors (Lipinski definition) is 5. The van der Waals surface area contributed by atoms with Gasteiger partial charge in [-0.15, -0.1) is 0 Å². The Morgan fingerprint density at radius 1 is 1.19 bits per heavy atom. The Kier molecular flexibility index (Phi) is 4.84. The molecule has 0 saturated carbocycles. The van der Waals surface area contributed by atoms with E-state index in [0.717, 1.165) is 6.42 Å². The van der Waals surface area contributed by atoms with Gasteiger partial charge in [-0.05, 0) is 44.7 Å². The first-order chi connectivity index (χ1) is 14.8. The molecule has 162 valence electrons. The molecule has 0 N–H and O–H groups in total. The van der Waals surface area contributed by atoms with Crippen LogP contribution in [-0.4, -0.2) is 47.5 Å². The van der Waals surface area contributed by atoms with Crippen molar-refractivity contribution in [3.63, 3.8) is 0 Å². The minimum Gasteiger partial charge on any atom is -0.332 e. The normalized spacial score (nSPS) is 23.2. The molecule has 7 nitrogen and oxygen atoms in total. The van der Waals surface area contributed by atoms with E-state index < -0.39 is 18.1 Å². The van der Waals surface area contributed by atoms with Crippen LogP contribution in [0, 0.1) is 12.7 Å². The third-order valence-electron chi connectivity index (χ3n) is 6.28. The van der Waals surface area contributed by atoms with Crippen LogP contribution in [0.4, 0.5) is 13.2 Å². The van der Waals surface area contributed by atoms with Gasteiger partial charge in [-0.3, -0.25) is 4.79 Å². The van der Waals surface area contributed by atoms with Gasteiger partial charge in [-0.25, -0.2) is 27.7 Å². The van der Waals surface area contributed by atoms with Crippen molar-refractivity contribution in [2.45, 2.75) is 57.0 Å². The fraction of sp³-hybridized carbons (Fsp3) is 0.450. The van der Waals surface area contributed by atoms with Gasteiger partial charge in [0.25, 0.3) is 18.1 Å². The molecule has 3 aromatic heterocycles. The number of hydrogen-bond donors (Lipinski definition) is 0. The molecule has 2 saturated heterocycles. The number of halogens is 4. The number of pyridine rings is 1. The molecule has 2 aliphatic rings. The highest BCUT2D eigenvalue weighted by Crippen LogP contribution is 2.45. The quantitative estimate of drug-likeness (QED) is 0.561. The maximum Gasteiger partial charge on any atom is 0.280 e. The second-order valence-electron chi connectivity index (χ2n) is 7.97. The Hall–Kier alpha value is -2.75. The largest absolute Gasteiger partial charge is 0.332 e. The highest BCUT2D eigenvalue weighted by molar-refractivity contribution is 6.29. The smallest absolute Gasteiger partial charge is 0.280 e. The van der Waals surface area contributed by atoms with Crippen LogP contribution in [0.5, 0.6) is 0 Å². The third-order valence-corrected chi connectivity index (χ3v) is 6.47. The van der Waals surface area contributed by atoms with Gasteiger partial charge < -0.3 is 4.90 Å². The van der Waals surface area contributed by atoms with Gasteiger partial charge >= 0.3 is 0 Å². The molecule has 0 radical (unpaired) electrons. The van der Waals surface area contributed by atoms with Crippen molar-refractivity contribution < 1.29 is 18.0 Å². The second kappa shape index (κ2) is 7.44. The van der Waals surface area contributed by atoms with Gasteiger partial charge in [0, 0.05) is 18.0 Å². The lowest BCUT2D eigenvalue weighted by molar-refractivity contribution is 0.0548. The standard InChI is InChI=1S/C20H18ClF3N6O/c1-9-17(22)12(6-16(21)27-9)19(31)29-10-2-4-11(14(29)5-3-10)15-7-13(18(23)24)28-20-25-8-26-30(15)20/h6-8,10-11,14,18H,2-5H2,1H3. The number of aromatic nitrogens is 5. The van der Waals surface area contributed by atoms with Gasteiger partial charge in [0.15, 0.2) is 5.82 Å². The van der Waals surface area contributed by atoms with E-state index >= 15 is 0 Å². The fourth-order valence-electron chi connectivity index (χ4n) is 4.96. The lowest BCUT2D eigenvalue weighted by atomic mass is 9.86. The van der Waals surface area contributed by atoms with Crippen LogP contribution < -0.4 is 0 Å². The molecule has 0 aromatic carbocycles. The minimum atomic E-state index is -2.76. The Bertz CT molecular complexity index is 1190. The maximum atomic E-state index is 14.7. The van der Waals surface area contributed by atoms with Crippen molar-refractivity contribution in [3.8, 4) is 0 Å². The number of nitrogens with zero attached hydrogens (tertiary/aromatic N) is 6. The van der Waals surface area contributed by atoms with Crippen molar-refractivity contribution in [2.24, 2.45) is 0 Å². The molecule has 0 spiro atoms. The number of fused-ring (bicyclic) bond motifs is 3. The molecular weight excluding hydrogens is 433 g/mol. The van der Waals surface area contributed by atoms with Gasteiger partial charge in [-0.2, -0.15) is 10.1 Å². The van der Waals surface area contributed by atoms with Crippen LogP contribution in [0.15, 0.2) is 18.5 Å². The number of alkyl halides is 2. The monoisotopic (exact) mass is 450 g/mol. The zero-order chi connectivity index (χ0) is 21.9. The average molecular weight is 451 g/mol. The number of rotatable bonds is 3. The molecule has 5 rings (SSSR count). The summed E-state index contributed by atoms with van der Waals surface area (Å²) in [4.78, 5) is 26.8. The molecule has 3 unspecified atom stereocenters. The van der Waals surface area contributed by atoms with E-state index in [0.29, 0.717) is 25.0 Å². The molecule has 11 heteroatoms. The summed E-state index contributed by atoms with van der Waals surface area (Å²) >= 11 is 5.97. The number of piperidine rings is 1. The highest BCUT2D eigenvalue weighted by atomic mass is 35.5. The van der Waals surface area contributed by atoms with Crippen molar-refractivity contribution >= 4 is 23.3 Å². The molecule has 2 aliphatic heterocycles. The van der Waals surface area contributed by atoms with E-state index in [-0.39, 0.29) is 45.9 Å². The fourth-order valence-corrected chi connectivity index (χ4v) is 5.20. The number of carbonyl (C=O) groups excluding carboxylic acids is 1. The van der Waals surface area contributed by atoms with E-state index in [2.05, 4.69) is 20.1 Å². The van der Waals surface area contributed by atoms with Crippen molar-refractivity contribution in [1.82, 2.24) is 29.5 Å². The molecule has 0 aliphatic carbocycles. The molecule has 2 bridgehead atoms. The first-order valence-corrected chi connectivity index (χ1v) is 10.4. The van der Waals surface area contributed by atoms with Crippen LogP contribution >= 0.6 is 11.6 Å². The molecular formula is C20H18ClF3N6O. The zero-order valence-electron chi connectivity index (χ0n) is 16.5. The summed E-state index contributed by atoms with van der Waals surface area (Å²) in [6.07, 6.45) is 1.33. The predicted molar refractivity (Wildman–Crippen MR) is 105 cm³/mol. The number of aryl methyl sites for hydroxylation is 1. The lowest BCUT2D eigenvalue weighted by Crippen LogP contribution is -2.48. The van der Waals surface area contributed by atoms with Gasteiger partial charge in [0.2, 0.25) is 0 Å². The van der Waals surface area contributed by atoms with Crippen LogP contribution in [-0.2, 0) is 0 Å². The molecule has 5 heterocycles. The van der Waals surface area contributed by atoms with Gasteiger partial charge in [-0.1, -0.05) is 11.6 Å². The molecule has 2 fully saturated rings. The van der Waals surface area contributed by atoms with Gasteiger partial charge in [0.05, 0.1) is 17.0 Å². The van der Waals surface area contributed by atoms with E-state index in [9.17, 15) is 18.0 Å².